The number of carbonyl (C=O) groups is 2. The molecule has 2 aromatic carbocycles. The first-order chi connectivity index (χ1) is 13.5. The minimum Gasteiger partial charge on any atom is -0.352 e. The van der Waals surface area contributed by atoms with Crippen molar-refractivity contribution in [3.05, 3.63) is 81.6 Å². The summed E-state index contributed by atoms with van der Waals surface area (Å²) in [5.74, 6) is -0.698. The Morgan fingerprint density at radius 2 is 1.79 bits per heavy atom. The van der Waals surface area contributed by atoms with Crippen LogP contribution in [0.4, 0.5) is 9.52 Å². The van der Waals surface area contributed by atoms with Crippen molar-refractivity contribution in [1.82, 2.24) is 10.3 Å². The van der Waals surface area contributed by atoms with Crippen LogP contribution in [0.15, 0.2) is 53.9 Å². The predicted molar refractivity (Wildman–Crippen MR) is 108 cm³/mol. The number of hydrogen-bond donors (Lipinski definition) is 2. The lowest BCUT2D eigenvalue weighted by Gasteiger charge is -2.04. The average Bonchev–Trinajstić information content (AvgIpc) is 3.13. The summed E-state index contributed by atoms with van der Waals surface area (Å²) in [5, 5.41) is 8.36. The summed E-state index contributed by atoms with van der Waals surface area (Å²) in [6.07, 6.45) is 0.734. The summed E-state index contributed by atoms with van der Waals surface area (Å²) in [6.45, 7) is 0.346. The molecule has 0 spiro atoms. The molecule has 0 saturated carbocycles. The van der Waals surface area contributed by atoms with Crippen molar-refractivity contribution in [3.8, 4) is 0 Å². The summed E-state index contributed by atoms with van der Waals surface area (Å²) < 4.78 is 12.9. The maximum absolute atomic E-state index is 12.9. The summed E-state index contributed by atoms with van der Waals surface area (Å²) in [7, 11) is 0. The molecule has 8 heteroatoms. The third-order valence-electron chi connectivity index (χ3n) is 3.89. The molecule has 5 nitrogen and oxygen atoms in total. The number of nitrogens with zero attached hydrogens (tertiary/aromatic N) is 1. The van der Waals surface area contributed by atoms with Crippen molar-refractivity contribution in [2.24, 2.45) is 0 Å². The van der Waals surface area contributed by atoms with E-state index < -0.39 is 0 Å². The zero-order chi connectivity index (χ0) is 19.9. The van der Waals surface area contributed by atoms with Crippen LogP contribution in [0.3, 0.4) is 0 Å². The Balaban J connectivity index is 1.45. The second-order valence-corrected chi connectivity index (χ2v) is 7.30. The molecule has 2 amide bonds. The van der Waals surface area contributed by atoms with Crippen LogP contribution in [0.25, 0.3) is 0 Å². The lowest BCUT2D eigenvalue weighted by atomic mass is 10.2. The van der Waals surface area contributed by atoms with E-state index in [2.05, 4.69) is 15.6 Å². The van der Waals surface area contributed by atoms with E-state index in [1.165, 1.54) is 23.5 Å². The fraction of sp³-hybridized carbons (Fsp3) is 0.150. The van der Waals surface area contributed by atoms with E-state index in [1.54, 1.807) is 36.4 Å². The van der Waals surface area contributed by atoms with Crippen molar-refractivity contribution in [2.45, 2.75) is 19.4 Å². The van der Waals surface area contributed by atoms with Crippen LogP contribution in [0.2, 0.25) is 5.02 Å². The first-order valence-corrected chi connectivity index (χ1v) is 9.78. The van der Waals surface area contributed by atoms with Gasteiger partial charge in [-0.15, -0.1) is 11.3 Å². The monoisotopic (exact) mass is 417 g/mol. The molecule has 0 atom stereocenters. The maximum atomic E-state index is 12.9. The summed E-state index contributed by atoms with van der Waals surface area (Å²) >= 11 is 7.12. The lowest BCUT2D eigenvalue weighted by molar-refractivity contribution is -0.121. The number of hydrogen-bond acceptors (Lipinski definition) is 4. The van der Waals surface area contributed by atoms with Gasteiger partial charge in [0, 0.05) is 28.9 Å². The highest BCUT2D eigenvalue weighted by Gasteiger charge is 2.10. The molecule has 3 rings (SSSR count). The molecule has 144 valence electrons. The van der Waals surface area contributed by atoms with E-state index in [1.807, 2.05) is 5.38 Å². The zero-order valence-electron chi connectivity index (χ0n) is 14.7. The first kappa shape index (κ1) is 20.0. The standard InChI is InChI=1S/C20H17ClFN3O2S/c21-15-5-3-14(4-6-15)19(27)25-20-24-17(12-28-20)9-10-18(26)23-11-13-1-7-16(22)8-2-13/h1-8,12H,9-11H2,(H,23,26)(H,24,25,27). The topological polar surface area (TPSA) is 71.1 Å². The van der Waals surface area contributed by atoms with Gasteiger partial charge in [0.05, 0.1) is 5.69 Å². The molecule has 1 aromatic heterocycles. The summed E-state index contributed by atoms with van der Waals surface area (Å²) in [5.41, 5.74) is 2.05. The van der Waals surface area contributed by atoms with Gasteiger partial charge < -0.3 is 5.32 Å². The quantitative estimate of drug-likeness (QED) is 0.597. The van der Waals surface area contributed by atoms with Gasteiger partial charge in [-0.3, -0.25) is 14.9 Å². The summed E-state index contributed by atoms with van der Waals surface area (Å²) in [4.78, 5) is 28.5. The Morgan fingerprint density at radius 1 is 1.07 bits per heavy atom. The van der Waals surface area contributed by atoms with Gasteiger partial charge in [0.25, 0.3) is 5.91 Å². The Morgan fingerprint density at radius 3 is 2.50 bits per heavy atom. The lowest BCUT2D eigenvalue weighted by Crippen LogP contribution is -2.23. The molecule has 0 bridgehead atoms. The summed E-state index contributed by atoms with van der Waals surface area (Å²) in [6, 6.07) is 12.5. The molecule has 0 fully saturated rings. The van der Waals surface area contributed by atoms with Gasteiger partial charge in [-0.2, -0.15) is 0 Å². The van der Waals surface area contributed by atoms with Gasteiger partial charge in [-0.1, -0.05) is 23.7 Å². The van der Waals surface area contributed by atoms with Crippen LogP contribution in [0.5, 0.6) is 0 Å². The SMILES string of the molecule is O=C(CCc1csc(NC(=O)c2ccc(Cl)cc2)n1)NCc1ccc(F)cc1. The normalized spacial score (nSPS) is 10.5. The highest BCUT2D eigenvalue weighted by Crippen LogP contribution is 2.18. The number of amides is 2. The third-order valence-corrected chi connectivity index (χ3v) is 4.95. The van der Waals surface area contributed by atoms with E-state index in [0.29, 0.717) is 28.7 Å². The van der Waals surface area contributed by atoms with Gasteiger partial charge in [0.15, 0.2) is 5.13 Å². The molecule has 0 aliphatic heterocycles. The Kier molecular flexibility index (Phi) is 6.73. The molecule has 0 saturated heterocycles. The van der Waals surface area contributed by atoms with Gasteiger partial charge in [0.1, 0.15) is 5.82 Å². The van der Waals surface area contributed by atoms with Crippen molar-refractivity contribution in [2.75, 3.05) is 5.32 Å². The van der Waals surface area contributed by atoms with Crippen molar-refractivity contribution in [1.29, 1.82) is 0 Å². The van der Waals surface area contributed by atoms with E-state index >= 15 is 0 Å². The van der Waals surface area contributed by atoms with Crippen LogP contribution < -0.4 is 10.6 Å². The number of aryl methyl sites for hydroxylation is 1. The van der Waals surface area contributed by atoms with Crippen LogP contribution in [0, 0.1) is 5.82 Å². The van der Waals surface area contributed by atoms with Crippen LogP contribution in [-0.2, 0) is 17.8 Å². The molecule has 2 N–H and O–H groups in total. The molecule has 3 aromatic rings. The average molecular weight is 418 g/mol. The molecule has 0 aliphatic carbocycles. The van der Waals surface area contributed by atoms with Crippen LogP contribution >= 0.6 is 22.9 Å². The second kappa shape index (κ2) is 9.43. The number of carbonyl (C=O) groups excluding carboxylic acids is 2. The van der Waals surface area contributed by atoms with Crippen molar-refractivity contribution >= 4 is 39.9 Å². The molecular weight excluding hydrogens is 401 g/mol. The number of anilines is 1. The Labute approximate surface area is 170 Å². The molecule has 0 aliphatic rings. The van der Waals surface area contributed by atoms with Gasteiger partial charge in [0.2, 0.25) is 5.91 Å². The third kappa shape index (κ3) is 5.87. The number of benzene rings is 2. The highest BCUT2D eigenvalue weighted by molar-refractivity contribution is 7.14. The second-order valence-electron chi connectivity index (χ2n) is 6.01. The van der Waals surface area contributed by atoms with Gasteiger partial charge in [-0.05, 0) is 48.4 Å². The Bertz CT molecular complexity index is 958. The van der Waals surface area contributed by atoms with Crippen LogP contribution in [0.1, 0.15) is 28.0 Å². The number of rotatable bonds is 7. The molecular formula is C20H17ClFN3O2S. The first-order valence-electron chi connectivity index (χ1n) is 8.52. The minimum atomic E-state index is -0.308. The molecule has 0 radical (unpaired) electrons. The number of nitrogens with one attached hydrogen (secondary N) is 2. The van der Waals surface area contributed by atoms with E-state index in [0.717, 1.165) is 11.3 Å². The smallest absolute Gasteiger partial charge is 0.257 e. The van der Waals surface area contributed by atoms with E-state index in [-0.39, 0.29) is 24.1 Å². The van der Waals surface area contributed by atoms with Gasteiger partial charge in [-0.25, -0.2) is 9.37 Å². The number of thiazole rings is 1. The number of aromatic nitrogens is 1. The zero-order valence-corrected chi connectivity index (χ0v) is 16.3. The molecule has 28 heavy (non-hydrogen) atoms. The van der Waals surface area contributed by atoms with Crippen molar-refractivity contribution < 1.29 is 14.0 Å². The number of halogens is 2. The van der Waals surface area contributed by atoms with Crippen LogP contribution in [-0.4, -0.2) is 16.8 Å². The molecule has 0 unspecified atom stereocenters. The molecule has 1 heterocycles. The van der Waals surface area contributed by atoms with Gasteiger partial charge >= 0.3 is 0 Å². The predicted octanol–water partition coefficient (Wildman–Crippen LogP) is 4.44. The Hall–Kier alpha value is -2.77. The van der Waals surface area contributed by atoms with E-state index in [9.17, 15) is 14.0 Å². The maximum Gasteiger partial charge on any atom is 0.257 e. The largest absolute Gasteiger partial charge is 0.352 e. The van der Waals surface area contributed by atoms with Crippen molar-refractivity contribution in [3.63, 3.8) is 0 Å². The highest BCUT2D eigenvalue weighted by atomic mass is 35.5. The fourth-order valence-corrected chi connectivity index (χ4v) is 3.25. The minimum absolute atomic E-state index is 0.121. The van der Waals surface area contributed by atoms with E-state index in [4.69, 9.17) is 11.6 Å². The fourth-order valence-electron chi connectivity index (χ4n) is 2.38.